The molecule has 1 aromatic heterocycles. The predicted molar refractivity (Wildman–Crippen MR) is 56.1 cm³/mol. The lowest BCUT2D eigenvalue weighted by atomic mass is 10.2. The molecule has 0 amide bonds. The van der Waals surface area contributed by atoms with Crippen LogP contribution in [0.2, 0.25) is 0 Å². The van der Waals surface area contributed by atoms with Gasteiger partial charge in [-0.15, -0.1) is 0 Å². The van der Waals surface area contributed by atoms with E-state index >= 15 is 0 Å². The number of aromatic nitrogens is 1. The van der Waals surface area contributed by atoms with Gasteiger partial charge in [0.25, 0.3) is 0 Å². The average molecular weight is 193 g/mol. The highest BCUT2D eigenvalue weighted by Gasteiger charge is 2.08. The van der Waals surface area contributed by atoms with Crippen molar-refractivity contribution in [1.29, 1.82) is 0 Å². The topological polar surface area (TPSA) is 26.0 Å². The average Bonchev–Trinajstić information content (AvgIpc) is 2.46. The Labute approximate surface area is 82.4 Å². The van der Waals surface area contributed by atoms with E-state index in [1.165, 1.54) is 5.56 Å². The van der Waals surface area contributed by atoms with E-state index < -0.39 is 0 Å². The first kappa shape index (κ1) is 8.63. The van der Waals surface area contributed by atoms with Crippen LogP contribution in [-0.2, 0) is 0 Å². The Balaban J connectivity index is 2.62. The minimum atomic E-state index is 0.0488. The summed E-state index contributed by atoms with van der Waals surface area (Å²) in [6.45, 7) is 3.98. The van der Waals surface area contributed by atoms with Crippen molar-refractivity contribution in [2.75, 3.05) is 0 Å². The molecule has 1 heterocycles. The highest BCUT2D eigenvalue weighted by molar-refractivity contribution is 7.80. The van der Waals surface area contributed by atoms with Crippen LogP contribution in [-0.4, -0.2) is 4.98 Å². The van der Waals surface area contributed by atoms with E-state index in [1.807, 2.05) is 32.0 Å². The Bertz CT molecular complexity index is 433. The Kier molecular flexibility index (Phi) is 2.04. The zero-order valence-corrected chi connectivity index (χ0v) is 8.51. The Morgan fingerprint density at radius 2 is 2.23 bits per heavy atom. The van der Waals surface area contributed by atoms with E-state index in [2.05, 4.69) is 17.6 Å². The molecule has 2 aromatic rings. The molecule has 0 aliphatic heterocycles. The van der Waals surface area contributed by atoms with Crippen LogP contribution in [0.25, 0.3) is 11.1 Å². The maximum Gasteiger partial charge on any atom is 0.208 e. The summed E-state index contributed by atoms with van der Waals surface area (Å²) < 4.78 is 5.52. The van der Waals surface area contributed by atoms with Gasteiger partial charge in [-0.1, -0.05) is 6.07 Å². The van der Waals surface area contributed by atoms with Crippen molar-refractivity contribution in [3.63, 3.8) is 0 Å². The van der Waals surface area contributed by atoms with Crippen molar-refractivity contribution in [2.45, 2.75) is 19.1 Å². The van der Waals surface area contributed by atoms with Gasteiger partial charge in [0.1, 0.15) is 5.52 Å². The molecule has 0 N–H and O–H groups in total. The molecule has 13 heavy (non-hydrogen) atoms. The zero-order valence-electron chi connectivity index (χ0n) is 7.61. The molecule has 2 nitrogen and oxygen atoms in total. The molecule has 0 saturated heterocycles. The Morgan fingerprint density at radius 3 is 2.92 bits per heavy atom. The van der Waals surface area contributed by atoms with Gasteiger partial charge in [-0.25, -0.2) is 4.98 Å². The molecule has 2 rings (SSSR count). The standard InChI is InChI=1S/C10H11NOS/c1-6-3-4-8-9(5-6)12-10(11-8)7(2)13/h3-5,7,13H,1-2H3. The molecule has 3 heteroatoms. The van der Waals surface area contributed by atoms with E-state index in [4.69, 9.17) is 4.42 Å². The quantitative estimate of drug-likeness (QED) is 0.704. The number of nitrogens with zero attached hydrogens (tertiary/aromatic N) is 1. The number of hydrogen-bond donors (Lipinski definition) is 1. The first-order chi connectivity index (χ1) is 6.16. The lowest BCUT2D eigenvalue weighted by Crippen LogP contribution is -1.81. The number of hydrogen-bond acceptors (Lipinski definition) is 3. The van der Waals surface area contributed by atoms with Crippen LogP contribution in [0.1, 0.15) is 23.6 Å². The van der Waals surface area contributed by atoms with Crippen molar-refractivity contribution in [3.05, 3.63) is 29.7 Å². The van der Waals surface area contributed by atoms with Gasteiger partial charge in [-0.05, 0) is 31.5 Å². The summed E-state index contributed by atoms with van der Waals surface area (Å²) in [5, 5.41) is 0.0488. The van der Waals surface area contributed by atoms with Crippen molar-refractivity contribution in [1.82, 2.24) is 4.98 Å². The fourth-order valence-electron chi connectivity index (χ4n) is 1.23. The minimum absolute atomic E-state index is 0.0488. The molecule has 0 spiro atoms. The Morgan fingerprint density at radius 1 is 1.46 bits per heavy atom. The van der Waals surface area contributed by atoms with Gasteiger partial charge in [0.15, 0.2) is 5.58 Å². The molecule has 0 fully saturated rings. The highest BCUT2D eigenvalue weighted by Crippen LogP contribution is 2.23. The fraction of sp³-hybridized carbons (Fsp3) is 0.300. The number of benzene rings is 1. The summed E-state index contributed by atoms with van der Waals surface area (Å²) in [4.78, 5) is 4.31. The van der Waals surface area contributed by atoms with Gasteiger partial charge >= 0.3 is 0 Å². The molecule has 1 atom stereocenters. The van der Waals surface area contributed by atoms with Crippen LogP contribution in [0, 0.1) is 6.92 Å². The third-order valence-corrected chi connectivity index (χ3v) is 2.14. The van der Waals surface area contributed by atoms with Crippen LogP contribution in [0.3, 0.4) is 0 Å². The van der Waals surface area contributed by atoms with E-state index in [0.29, 0.717) is 5.89 Å². The van der Waals surface area contributed by atoms with Gasteiger partial charge in [-0.3, -0.25) is 0 Å². The fourth-order valence-corrected chi connectivity index (χ4v) is 1.34. The van der Waals surface area contributed by atoms with E-state index in [1.54, 1.807) is 0 Å². The lowest BCUT2D eigenvalue weighted by Gasteiger charge is -1.93. The van der Waals surface area contributed by atoms with Crippen molar-refractivity contribution in [2.24, 2.45) is 0 Å². The highest BCUT2D eigenvalue weighted by atomic mass is 32.1. The summed E-state index contributed by atoms with van der Waals surface area (Å²) in [5.41, 5.74) is 2.93. The summed E-state index contributed by atoms with van der Waals surface area (Å²) in [6.07, 6.45) is 0. The second kappa shape index (κ2) is 3.07. The van der Waals surface area contributed by atoms with Gasteiger partial charge < -0.3 is 4.42 Å². The van der Waals surface area contributed by atoms with Crippen LogP contribution >= 0.6 is 12.6 Å². The van der Waals surface area contributed by atoms with Crippen molar-refractivity contribution >= 4 is 23.7 Å². The number of oxazole rings is 1. The predicted octanol–water partition coefficient (Wildman–Crippen LogP) is 3.13. The maximum atomic E-state index is 5.52. The van der Waals surface area contributed by atoms with Gasteiger partial charge in [0, 0.05) is 0 Å². The van der Waals surface area contributed by atoms with Crippen LogP contribution in [0.15, 0.2) is 22.6 Å². The number of fused-ring (bicyclic) bond motifs is 1. The van der Waals surface area contributed by atoms with Gasteiger partial charge in [-0.2, -0.15) is 12.6 Å². The molecule has 0 saturated carbocycles. The first-order valence-corrected chi connectivity index (χ1v) is 4.73. The summed E-state index contributed by atoms with van der Waals surface area (Å²) in [5.74, 6) is 0.684. The van der Waals surface area contributed by atoms with Gasteiger partial charge in [0.2, 0.25) is 5.89 Å². The molecule has 0 aliphatic carbocycles. The molecule has 1 aromatic carbocycles. The van der Waals surface area contributed by atoms with E-state index in [-0.39, 0.29) is 5.25 Å². The normalized spacial score (nSPS) is 13.5. The maximum absolute atomic E-state index is 5.52. The molecule has 1 unspecified atom stereocenters. The van der Waals surface area contributed by atoms with Crippen LogP contribution < -0.4 is 0 Å². The van der Waals surface area contributed by atoms with E-state index in [0.717, 1.165) is 11.1 Å². The van der Waals surface area contributed by atoms with Crippen molar-refractivity contribution in [3.8, 4) is 0 Å². The molecular formula is C10H11NOS. The number of rotatable bonds is 1. The zero-order chi connectivity index (χ0) is 9.42. The number of aryl methyl sites for hydroxylation is 1. The van der Waals surface area contributed by atoms with Crippen molar-refractivity contribution < 1.29 is 4.42 Å². The second-order valence-electron chi connectivity index (χ2n) is 3.20. The first-order valence-electron chi connectivity index (χ1n) is 4.22. The summed E-state index contributed by atoms with van der Waals surface area (Å²) in [7, 11) is 0. The molecule has 0 bridgehead atoms. The Hall–Kier alpha value is -0.960. The summed E-state index contributed by atoms with van der Waals surface area (Å²) >= 11 is 4.27. The minimum Gasteiger partial charge on any atom is -0.439 e. The third kappa shape index (κ3) is 1.56. The van der Waals surface area contributed by atoms with Crippen LogP contribution in [0.5, 0.6) is 0 Å². The molecule has 0 radical (unpaired) electrons. The molecular weight excluding hydrogens is 182 g/mol. The lowest BCUT2D eigenvalue weighted by molar-refractivity contribution is 0.534. The van der Waals surface area contributed by atoms with E-state index in [9.17, 15) is 0 Å². The number of thiol groups is 1. The second-order valence-corrected chi connectivity index (χ2v) is 3.97. The SMILES string of the molecule is Cc1ccc2nc(C(C)S)oc2c1. The molecule has 0 aliphatic rings. The summed E-state index contributed by atoms with van der Waals surface area (Å²) in [6, 6.07) is 5.98. The van der Waals surface area contributed by atoms with Crippen LogP contribution in [0.4, 0.5) is 0 Å². The molecule has 68 valence electrons. The monoisotopic (exact) mass is 193 g/mol. The van der Waals surface area contributed by atoms with Gasteiger partial charge in [0.05, 0.1) is 5.25 Å². The smallest absolute Gasteiger partial charge is 0.208 e. The largest absolute Gasteiger partial charge is 0.439 e. The third-order valence-electron chi connectivity index (χ3n) is 1.92.